The largest absolute Gasteiger partial charge is 0.508 e. The Morgan fingerprint density at radius 3 is 2.39 bits per heavy atom. The number of aromatic hydroxyl groups is 1. The lowest BCUT2D eigenvalue weighted by Gasteiger charge is -2.36. The Hall–Kier alpha value is -6.84. The van der Waals surface area contributed by atoms with Crippen molar-refractivity contribution in [3.8, 4) is 33.9 Å². The van der Waals surface area contributed by atoms with Crippen molar-refractivity contribution in [2.24, 2.45) is 7.05 Å². The first-order valence-electron chi connectivity index (χ1n) is 22.4. The monoisotopic (exact) mass is 897 g/mol. The lowest BCUT2D eigenvalue weighted by Crippen LogP contribution is -2.43. The number of hydrogen-bond acceptors (Lipinski definition) is 8. The lowest BCUT2D eigenvalue weighted by atomic mass is 9.88. The first kappa shape index (κ1) is 44.4. The van der Waals surface area contributed by atoms with E-state index in [1.165, 1.54) is 30.1 Å². The van der Waals surface area contributed by atoms with Gasteiger partial charge in [0.2, 0.25) is 5.91 Å². The summed E-state index contributed by atoms with van der Waals surface area (Å²) < 4.78 is 42.0. The first-order valence-corrected chi connectivity index (χ1v) is 22.4. The molecule has 15 heteroatoms. The predicted octanol–water partition coefficient (Wildman–Crippen LogP) is 7.64. The number of anilines is 1. The predicted molar refractivity (Wildman–Crippen MR) is 246 cm³/mol. The zero-order chi connectivity index (χ0) is 46.1. The van der Waals surface area contributed by atoms with Crippen LogP contribution in [0.5, 0.6) is 11.5 Å². The minimum absolute atomic E-state index is 0.0291. The highest BCUT2D eigenvalue weighted by Gasteiger charge is 2.35. The van der Waals surface area contributed by atoms with Crippen LogP contribution in [0.3, 0.4) is 0 Å². The fourth-order valence-electron chi connectivity index (χ4n) is 9.40. The standard InChI is InChI=1S/C51H53F2N7O6/c1-32-24-35-6-4-5-7-37(35)30-59(32)50(64)44-27-38-29-58(45(62)25-34-8-14-42(15-9-34)66-23-20-57-18-21-65-22-19-57)17-16-36(38)26-43(44)48-47(39-28-54-60(31-39)51(52)53)46(33(2)56(48)3)49(63)55-40-10-12-41(61)13-11-40/h4-15,26-28,31-32,51,61H,16-25,29-30H2,1-3H3,(H,55,63)/t32-/m1/s1. The molecule has 2 N–H and O–H groups in total. The molecule has 3 amide bonds. The van der Waals surface area contributed by atoms with Crippen LogP contribution in [0, 0.1) is 6.92 Å². The normalized spacial score (nSPS) is 16.2. The molecule has 1 atom stereocenters. The number of halogens is 2. The zero-order valence-electron chi connectivity index (χ0n) is 37.3. The Kier molecular flexibility index (Phi) is 12.7. The van der Waals surface area contributed by atoms with Crippen LogP contribution in [0.25, 0.3) is 22.4 Å². The van der Waals surface area contributed by atoms with Crippen molar-refractivity contribution in [2.75, 3.05) is 51.3 Å². The summed E-state index contributed by atoms with van der Waals surface area (Å²) in [6.07, 6.45) is 3.88. The van der Waals surface area contributed by atoms with Crippen molar-refractivity contribution < 1.29 is 37.7 Å². The number of phenols is 1. The molecule has 9 rings (SSSR count). The molecule has 1 saturated heterocycles. The third-order valence-electron chi connectivity index (χ3n) is 13.1. The number of amides is 3. The van der Waals surface area contributed by atoms with Crippen molar-refractivity contribution in [3.63, 3.8) is 0 Å². The molecule has 0 saturated carbocycles. The third-order valence-corrected chi connectivity index (χ3v) is 13.1. The van der Waals surface area contributed by atoms with Gasteiger partial charge in [0.1, 0.15) is 18.1 Å². The van der Waals surface area contributed by atoms with Gasteiger partial charge in [0.15, 0.2) is 0 Å². The molecule has 0 unspecified atom stereocenters. The lowest BCUT2D eigenvalue weighted by molar-refractivity contribution is -0.131. The quantitative estimate of drug-likeness (QED) is 0.120. The van der Waals surface area contributed by atoms with E-state index in [9.17, 15) is 23.5 Å². The van der Waals surface area contributed by atoms with Crippen LogP contribution in [0.15, 0.2) is 97.3 Å². The van der Waals surface area contributed by atoms with Crippen molar-refractivity contribution in [3.05, 3.63) is 142 Å². The van der Waals surface area contributed by atoms with Crippen molar-refractivity contribution >= 4 is 23.4 Å². The molecular weight excluding hydrogens is 845 g/mol. The van der Waals surface area contributed by atoms with Crippen molar-refractivity contribution in [2.45, 2.75) is 58.8 Å². The number of alkyl halides is 2. The van der Waals surface area contributed by atoms with Crippen LogP contribution in [0.1, 0.15) is 67.7 Å². The zero-order valence-corrected chi connectivity index (χ0v) is 37.3. The van der Waals surface area contributed by atoms with E-state index < -0.39 is 12.5 Å². The summed E-state index contributed by atoms with van der Waals surface area (Å²) in [4.78, 5) is 49.6. The number of benzene rings is 4. The van der Waals surface area contributed by atoms with Gasteiger partial charge in [0.25, 0.3) is 11.8 Å². The van der Waals surface area contributed by atoms with Gasteiger partial charge in [-0.05, 0) is 103 Å². The third kappa shape index (κ3) is 9.18. The highest BCUT2D eigenvalue weighted by atomic mass is 19.3. The van der Waals surface area contributed by atoms with Gasteiger partial charge < -0.3 is 34.3 Å². The summed E-state index contributed by atoms with van der Waals surface area (Å²) in [5.41, 5.74) is 8.02. The number of ether oxygens (including phenoxy) is 2. The van der Waals surface area contributed by atoms with Crippen LogP contribution < -0.4 is 10.1 Å². The van der Waals surface area contributed by atoms with E-state index in [1.54, 1.807) is 26.1 Å². The van der Waals surface area contributed by atoms with E-state index >= 15 is 4.79 Å². The highest BCUT2D eigenvalue weighted by Crippen LogP contribution is 2.43. The molecule has 342 valence electrons. The Balaban J connectivity index is 1.06. The minimum Gasteiger partial charge on any atom is -0.508 e. The van der Waals surface area contributed by atoms with Gasteiger partial charge in [-0.2, -0.15) is 13.9 Å². The summed E-state index contributed by atoms with van der Waals surface area (Å²) in [5.74, 6) is -0.00185. The molecule has 4 aromatic carbocycles. The van der Waals surface area contributed by atoms with Gasteiger partial charge in [0, 0.05) is 92.2 Å². The molecule has 0 bridgehead atoms. The molecular formula is C51H53F2N7O6. The molecule has 13 nitrogen and oxygen atoms in total. The van der Waals surface area contributed by atoms with Crippen LogP contribution in [-0.2, 0) is 48.9 Å². The van der Waals surface area contributed by atoms with Gasteiger partial charge >= 0.3 is 6.55 Å². The van der Waals surface area contributed by atoms with Crippen molar-refractivity contribution in [1.82, 2.24) is 29.0 Å². The fraction of sp³-hybridized carbons (Fsp3) is 0.333. The van der Waals surface area contributed by atoms with Crippen LogP contribution >= 0.6 is 0 Å². The Morgan fingerprint density at radius 2 is 1.67 bits per heavy atom. The van der Waals surface area contributed by atoms with Gasteiger partial charge in [-0.25, -0.2) is 4.68 Å². The second kappa shape index (κ2) is 18.9. The molecule has 5 heterocycles. The first-order chi connectivity index (χ1) is 31.9. The van der Waals surface area contributed by atoms with Crippen LogP contribution in [0.4, 0.5) is 14.5 Å². The van der Waals surface area contributed by atoms with E-state index in [4.69, 9.17) is 9.47 Å². The Morgan fingerprint density at radius 1 is 0.924 bits per heavy atom. The smallest absolute Gasteiger partial charge is 0.333 e. The maximum atomic E-state index is 15.3. The summed E-state index contributed by atoms with van der Waals surface area (Å²) in [7, 11) is 1.79. The number of morpholine rings is 1. The topological polar surface area (TPSA) is 134 Å². The molecule has 6 aromatic rings. The second-order valence-corrected chi connectivity index (χ2v) is 17.3. The average molecular weight is 898 g/mol. The summed E-state index contributed by atoms with van der Waals surface area (Å²) in [5, 5.41) is 16.7. The maximum Gasteiger partial charge on any atom is 0.333 e. The average Bonchev–Trinajstić information content (AvgIpc) is 3.92. The Bertz CT molecular complexity index is 2760. The van der Waals surface area contributed by atoms with E-state index in [2.05, 4.69) is 21.4 Å². The number of carbonyl (C=O) groups excluding carboxylic acids is 3. The molecule has 66 heavy (non-hydrogen) atoms. The molecule has 3 aliphatic rings. The Labute approximate surface area is 382 Å². The molecule has 3 aliphatic heterocycles. The molecule has 2 aromatic heterocycles. The number of rotatable bonds is 12. The van der Waals surface area contributed by atoms with E-state index in [0.29, 0.717) is 71.0 Å². The van der Waals surface area contributed by atoms with Gasteiger partial charge in [-0.15, -0.1) is 0 Å². The summed E-state index contributed by atoms with van der Waals surface area (Å²) >= 11 is 0. The van der Waals surface area contributed by atoms with Gasteiger partial charge in [0.05, 0.1) is 37.1 Å². The van der Waals surface area contributed by atoms with Gasteiger partial charge in [-0.1, -0.05) is 36.4 Å². The molecule has 1 fully saturated rings. The van der Waals surface area contributed by atoms with E-state index in [0.717, 1.165) is 60.9 Å². The van der Waals surface area contributed by atoms with E-state index in [1.807, 2.05) is 75.9 Å². The number of hydrogen-bond donors (Lipinski definition) is 2. The van der Waals surface area contributed by atoms with Gasteiger partial charge in [-0.3, -0.25) is 19.3 Å². The van der Waals surface area contributed by atoms with E-state index in [-0.39, 0.29) is 47.7 Å². The molecule has 0 spiro atoms. The van der Waals surface area contributed by atoms with Crippen LogP contribution in [0.2, 0.25) is 0 Å². The fourth-order valence-corrected chi connectivity index (χ4v) is 9.40. The summed E-state index contributed by atoms with van der Waals surface area (Å²) in [6, 6.07) is 25.5. The highest BCUT2D eigenvalue weighted by molar-refractivity contribution is 6.13. The molecule has 0 radical (unpaired) electrons. The SMILES string of the molecule is Cc1c(C(=O)Nc2ccc(O)cc2)c(-c2cnn(C(F)F)c2)c(-c2cc3c(cc2C(=O)N2Cc4ccccc4C[C@H]2C)CN(C(=O)Cc2ccc(OCCN4CCOCC4)cc2)CC3)n1C. The number of nitrogens with zero attached hydrogens (tertiary/aromatic N) is 6. The number of nitrogens with one attached hydrogen (secondary N) is 1. The number of fused-ring (bicyclic) bond motifs is 2. The number of carbonyl (C=O) groups is 3. The summed E-state index contributed by atoms with van der Waals surface area (Å²) in [6.45, 7) is 6.64. The number of phenolic OH excluding ortho intramolecular Hbond substituents is 1. The minimum atomic E-state index is -2.93. The maximum absolute atomic E-state index is 15.3. The second-order valence-electron chi connectivity index (χ2n) is 17.3. The number of aromatic nitrogens is 3. The molecule has 0 aliphatic carbocycles. The van der Waals surface area contributed by atoms with Crippen molar-refractivity contribution in [1.29, 1.82) is 0 Å². The van der Waals surface area contributed by atoms with Crippen LogP contribution in [-0.4, -0.2) is 104 Å².